The molecule has 12 heavy (non-hydrogen) atoms. The monoisotopic (exact) mass is 166 g/mol. The lowest BCUT2D eigenvalue weighted by atomic mass is 9.96. The van der Waals surface area contributed by atoms with Gasteiger partial charge in [0.1, 0.15) is 0 Å². The van der Waals surface area contributed by atoms with Crippen LogP contribution >= 0.6 is 0 Å². The fourth-order valence-electron chi connectivity index (χ4n) is 1.65. The zero-order chi connectivity index (χ0) is 9.14. The standard InChI is InChI=1S/C11H18O/c1-8(2)10-5-4-9(3)6-11(12)7-10/h7-9H,4-6H2,1-3H3/t9-/m1/s1. The first-order valence-corrected chi connectivity index (χ1v) is 4.83. The summed E-state index contributed by atoms with van der Waals surface area (Å²) in [6.07, 6.45) is 4.91. The fourth-order valence-corrected chi connectivity index (χ4v) is 1.65. The van der Waals surface area contributed by atoms with Crippen LogP contribution in [-0.4, -0.2) is 5.78 Å². The summed E-state index contributed by atoms with van der Waals surface area (Å²) in [5.74, 6) is 1.44. The van der Waals surface area contributed by atoms with Crippen LogP contribution in [0, 0.1) is 11.8 Å². The van der Waals surface area contributed by atoms with Crippen molar-refractivity contribution in [3.05, 3.63) is 11.6 Å². The smallest absolute Gasteiger partial charge is 0.155 e. The van der Waals surface area contributed by atoms with Gasteiger partial charge in [-0.25, -0.2) is 0 Å². The number of rotatable bonds is 1. The number of hydrogen-bond acceptors (Lipinski definition) is 1. The molecule has 0 radical (unpaired) electrons. The number of carbonyl (C=O) groups is 1. The Morgan fingerprint density at radius 1 is 1.50 bits per heavy atom. The Labute approximate surface area is 74.9 Å². The predicted octanol–water partition coefficient (Wildman–Crippen LogP) is 2.96. The lowest BCUT2D eigenvalue weighted by Crippen LogP contribution is -1.99. The average molecular weight is 166 g/mol. The molecule has 1 atom stereocenters. The van der Waals surface area contributed by atoms with Crippen LogP contribution in [0.25, 0.3) is 0 Å². The molecule has 1 rings (SSSR count). The van der Waals surface area contributed by atoms with Crippen LogP contribution in [-0.2, 0) is 4.79 Å². The molecule has 1 aliphatic rings. The first kappa shape index (κ1) is 9.50. The quantitative estimate of drug-likeness (QED) is 0.585. The summed E-state index contributed by atoms with van der Waals surface area (Å²) in [5, 5.41) is 0. The average Bonchev–Trinajstić information content (AvgIpc) is 2.11. The molecule has 0 unspecified atom stereocenters. The van der Waals surface area contributed by atoms with Gasteiger partial charge in [0, 0.05) is 6.42 Å². The van der Waals surface area contributed by atoms with Crippen LogP contribution in [0.3, 0.4) is 0 Å². The van der Waals surface area contributed by atoms with E-state index in [1.165, 1.54) is 12.0 Å². The molecule has 0 aromatic carbocycles. The van der Waals surface area contributed by atoms with Gasteiger partial charge in [0.15, 0.2) is 5.78 Å². The largest absolute Gasteiger partial charge is 0.295 e. The van der Waals surface area contributed by atoms with Crippen molar-refractivity contribution < 1.29 is 4.79 Å². The highest BCUT2D eigenvalue weighted by Gasteiger charge is 2.15. The van der Waals surface area contributed by atoms with Gasteiger partial charge in [-0.15, -0.1) is 0 Å². The molecule has 0 spiro atoms. The van der Waals surface area contributed by atoms with E-state index in [0.29, 0.717) is 17.6 Å². The lowest BCUT2D eigenvalue weighted by Gasteiger charge is -2.09. The number of allylic oxidation sites excluding steroid dienone is 2. The third kappa shape index (κ3) is 2.47. The zero-order valence-corrected chi connectivity index (χ0v) is 8.26. The Morgan fingerprint density at radius 3 is 2.75 bits per heavy atom. The molecule has 0 N–H and O–H groups in total. The second-order valence-corrected chi connectivity index (χ2v) is 4.19. The molecule has 0 aromatic rings. The van der Waals surface area contributed by atoms with Gasteiger partial charge in [-0.1, -0.05) is 26.3 Å². The SMILES string of the molecule is CC(C)C1=CC(=O)C[C@H](C)CC1. The Morgan fingerprint density at radius 2 is 2.17 bits per heavy atom. The maximum atomic E-state index is 11.3. The van der Waals surface area contributed by atoms with Crippen molar-refractivity contribution in [2.45, 2.75) is 40.0 Å². The third-order valence-electron chi connectivity index (χ3n) is 2.56. The second-order valence-electron chi connectivity index (χ2n) is 4.19. The summed E-state index contributed by atoms with van der Waals surface area (Å²) in [4.78, 5) is 11.3. The van der Waals surface area contributed by atoms with E-state index in [9.17, 15) is 4.79 Å². The third-order valence-corrected chi connectivity index (χ3v) is 2.56. The summed E-state index contributed by atoms with van der Waals surface area (Å²) in [6.45, 7) is 6.49. The lowest BCUT2D eigenvalue weighted by molar-refractivity contribution is -0.115. The van der Waals surface area contributed by atoms with Gasteiger partial charge in [-0.2, -0.15) is 0 Å². The van der Waals surface area contributed by atoms with E-state index >= 15 is 0 Å². The van der Waals surface area contributed by atoms with Crippen molar-refractivity contribution in [2.24, 2.45) is 11.8 Å². The van der Waals surface area contributed by atoms with E-state index in [-0.39, 0.29) is 0 Å². The fraction of sp³-hybridized carbons (Fsp3) is 0.727. The molecular weight excluding hydrogens is 148 g/mol. The zero-order valence-electron chi connectivity index (χ0n) is 8.26. The molecule has 0 aromatic heterocycles. The van der Waals surface area contributed by atoms with Gasteiger partial charge in [0.05, 0.1) is 0 Å². The molecule has 1 nitrogen and oxygen atoms in total. The predicted molar refractivity (Wildman–Crippen MR) is 50.9 cm³/mol. The summed E-state index contributed by atoms with van der Waals surface area (Å²) >= 11 is 0. The molecule has 68 valence electrons. The minimum absolute atomic E-state index is 0.323. The summed E-state index contributed by atoms with van der Waals surface area (Å²) in [6, 6.07) is 0. The van der Waals surface area contributed by atoms with E-state index in [1.54, 1.807) is 0 Å². The van der Waals surface area contributed by atoms with E-state index in [2.05, 4.69) is 20.8 Å². The Balaban J connectivity index is 2.69. The molecule has 0 heterocycles. The van der Waals surface area contributed by atoms with E-state index in [4.69, 9.17) is 0 Å². The Hall–Kier alpha value is -0.590. The molecule has 0 amide bonds. The topological polar surface area (TPSA) is 17.1 Å². The van der Waals surface area contributed by atoms with Crippen LogP contribution in [0.5, 0.6) is 0 Å². The normalized spacial score (nSPS) is 25.5. The van der Waals surface area contributed by atoms with Gasteiger partial charge < -0.3 is 0 Å². The first-order chi connectivity index (χ1) is 5.59. The van der Waals surface area contributed by atoms with Crippen molar-refractivity contribution in [2.75, 3.05) is 0 Å². The maximum absolute atomic E-state index is 11.3. The van der Waals surface area contributed by atoms with Crippen LogP contribution in [0.4, 0.5) is 0 Å². The maximum Gasteiger partial charge on any atom is 0.155 e. The molecule has 1 heteroatoms. The van der Waals surface area contributed by atoms with Gasteiger partial charge in [0.25, 0.3) is 0 Å². The van der Waals surface area contributed by atoms with Crippen LogP contribution in [0.2, 0.25) is 0 Å². The summed E-state index contributed by atoms with van der Waals surface area (Å²) < 4.78 is 0. The summed E-state index contributed by atoms with van der Waals surface area (Å²) in [7, 11) is 0. The van der Waals surface area contributed by atoms with Crippen LogP contribution in [0.1, 0.15) is 40.0 Å². The van der Waals surface area contributed by atoms with Crippen LogP contribution in [0.15, 0.2) is 11.6 Å². The van der Waals surface area contributed by atoms with Crippen LogP contribution < -0.4 is 0 Å². The molecule has 1 aliphatic carbocycles. The molecular formula is C11H18O. The van der Waals surface area contributed by atoms with Gasteiger partial charge in [-0.3, -0.25) is 4.79 Å². The number of hydrogen-bond donors (Lipinski definition) is 0. The minimum Gasteiger partial charge on any atom is -0.295 e. The molecule has 0 saturated carbocycles. The van der Waals surface area contributed by atoms with Crippen molar-refractivity contribution in [3.8, 4) is 0 Å². The number of ketones is 1. The Kier molecular flexibility index (Phi) is 3.07. The molecule has 0 saturated heterocycles. The molecule has 0 bridgehead atoms. The first-order valence-electron chi connectivity index (χ1n) is 4.83. The highest BCUT2D eigenvalue weighted by molar-refractivity contribution is 5.90. The second kappa shape index (κ2) is 3.88. The van der Waals surface area contributed by atoms with Gasteiger partial charge in [0.2, 0.25) is 0 Å². The Bertz CT molecular complexity index is 201. The van der Waals surface area contributed by atoms with E-state index in [1.807, 2.05) is 6.08 Å². The van der Waals surface area contributed by atoms with E-state index < -0.39 is 0 Å². The van der Waals surface area contributed by atoms with Crippen molar-refractivity contribution >= 4 is 5.78 Å². The van der Waals surface area contributed by atoms with Crippen molar-refractivity contribution in [1.29, 1.82) is 0 Å². The highest BCUT2D eigenvalue weighted by atomic mass is 16.1. The van der Waals surface area contributed by atoms with Crippen molar-refractivity contribution in [1.82, 2.24) is 0 Å². The molecule has 0 fully saturated rings. The van der Waals surface area contributed by atoms with Gasteiger partial charge >= 0.3 is 0 Å². The van der Waals surface area contributed by atoms with Gasteiger partial charge in [-0.05, 0) is 30.8 Å². The minimum atomic E-state index is 0.323. The summed E-state index contributed by atoms with van der Waals surface area (Å²) in [5.41, 5.74) is 1.34. The van der Waals surface area contributed by atoms with Crippen molar-refractivity contribution in [3.63, 3.8) is 0 Å². The number of carbonyl (C=O) groups excluding carboxylic acids is 1. The molecule has 0 aliphatic heterocycles. The van der Waals surface area contributed by atoms with E-state index in [0.717, 1.165) is 12.8 Å². The highest BCUT2D eigenvalue weighted by Crippen LogP contribution is 2.24.